The lowest BCUT2D eigenvalue weighted by molar-refractivity contribution is -0.118. The molecule has 142 valence electrons. The molecule has 3 rings (SSSR count). The van der Waals surface area contributed by atoms with Crippen LogP contribution in [0.2, 0.25) is 0 Å². The lowest BCUT2D eigenvalue weighted by Gasteiger charge is -2.28. The van der Waals surface area contributed by atoms with E-state index < -0.39 is 0 Å². The standard InChI is InChI=1S/C16H23ClN6O2S/c1-2-9-26-16-20-14(22-5-7-25-8-6-22)12-11-19-23(15(12)21-16)4-3-18-13(24)10-17/h11H,2-10H2,1H3,(H,18,24). The first kappa shape index (κ1) is 19.2. The number of halogens is 1. The van der Waals surface area contributed by atoms with E-state index in [0.29, 0.717) is 26.3 Å². The highest BCUT2D eigenvalue weighted by molar-refractivity contribution is 7.99. The van der Waals surface area contributed by atoms with Gasteiger partial charge in [0.25, 0.3) is 0 Å². The fourth-order valence-corrected chi connectivity index (χ4v) is 3.49. The van der Waals surface area contributed by atoms with Crippen LogP contribution in [-0.4, -0.2) is 70.1 Å². The first-order chi connectivity index (χ1) is 12.7. The zero-order valence-corrected chi connectivity index (χ0v) is 16.4. The number of rotatable bonds is 8. The normalized spacial score (nSPS) is 14.8. The number of ether oxygens (including phenoxy) is 1. The molecule has 3 heterocycles. The molecule has 1 fully saturated rings. The molecule has 2 aromatic rings. The second-order valence-electron chi connectivity index (χ2n) is 5.87. The molecule has 10 heteroatoms. The number of carbonyl (C=O) groups excluding carboxylic acids is 1. The van der Waals surface area contributed by atoms with Gasteiger partial charge in [-0.1, -0.05) is 18.7 Å². The van der Waals surface area contributed by atoms with E-state index in [1.54, 1.807) is 18.0 Å². The van der Waals surface area contributed by atoms with Gasteiger partial charge in [0.2, 0.25) is 5.91 Å². The van der Waals surface area contributed by atoms with Crippen LogP contribution in [0.15, 0.2) is 11.4 Å². The molecule has 0 spiro atoms. The molecule has 8 nitrogen and oxygen atoms in total. The molecule has 0 unspecified atom stereocenters. The number of fused-ring (bicyclic) bond motifs is 1. The van der Waals surface area contributed by atoms with E-state index in [1.807, 2.05) is 4.68 Å². The van der Waals surface area contributed by atoms with Crippen molar-refractivity contribution in [3.05, 3.63) is 6.20 Å². The van der Waals surface area contributed by atoms with E-state index in [4.69, 9.17) is 26.3 Å². The van der Waals surface area contributed by atoms with Crippen molar-refractivity contribution in [3.8, 4) is 0 Å². The molecule has 0 aliphatic carbocycles. The number of aromatic nitrogens is 4. The third-order valence-electron chi connectivity index (χ3n) is 3.97. The van der Waals surface area contributed by atoms with Gasteiger partial charge in [0.05, 0.1) is 31.3 Å². The Morgan fingerprint density at radius 2 is 2.19 bits per heavy atom. The van der Waals surface area contributed by atoms with Crippen LogP contribution in [0, 0.1) is 0 Å². The molecular weight excluding hydrogens is 376 g/mol. The molecule has 1 N–H and O–H groups in total. The lowest BCUT2D eigenvalue weighted by Crippen LogP contribution is -2.37. The van der Waals surface area contributed by atoms with Crippen LogP contribution in [0.3, 0.4) is 0 Å². The van der Waals surface area contributed by atoms with Gasteiger partial charge in [0, 0.05) is 25.4 Å². The summed E-state index contributed by atoms with van der Waals surface area (Å²) in [5.74, 6) is 1.65. The number of thioether (sulfide) groups is 1. The van der Waals surface area contributed by atoms with Crippen molar-refractivity contribution >= 4 is 46.1 Å². The Balaban J connectivity index is 1.88. The first-order valence-corrected chi connectivity index (χ1v) is 10.3. The van der Waals surface area contributed by atoms with Gasteiger partial charge in [-0.05, 0) is 6.42 Å². The zero-order valence-electron chi connectivity index (χ0n) is 14.8. The number of carbonyl (C=O) groups is 1. The van der Waals surface area contributed by atoms with E-state index in [2.05, 4.69) is 22.2 Å². The number of nitrogens with zero attached hydrogens (tertiary/aromatic N) is 5. The largest absolute Gasteiger partial charge is 0.378 e. The number of hydrogen-bond donors (Lipinski definition) is 1. The molecule has 0 aromatic carbocycles. The predicted molar refractivity (Wildman–Crippen MR) is 103 cm³/mol. The van der Waals surface area contributed by atoms with Crippen LogP contribution < -0.4 is 10.2 Å². The number of nitrogens with one attached hydrogen (secondary N) is 1. The summed E-state index contributed by atoms with van der Waals surface area (Å²) in [5.41, 5.74) is 0.792. The van der Waals surface area contributed by atoms with Crippen molar-refractivity contribution in [1.29, 1.82) is 0 Å². The average Bonchev–Trinajstić information content (AvgIpc) is 3.09. The van der Waals surface area contributed by atoms with Crippen LogP contribution >= 0.6 is 23.4 Å². The summed E-state index contributed by atoms with van der Waals surface area (Å²) in [6.07, 6.45) is 2.86. The molecule has 1 aliphatic heterocycles. The van der Waals surface area contributed by atoms with Crippen molar-refractivity contribution in [2.75, 3.05) is 49.4 Å². The van der Waals surface area contributed by atoms with E-state index >= 15 is 0 Å². The van der Waals surface area contributed by atoms with Crippen LogP contribution in [0.5, 0.6) is 0 Å². The number of amides is 1. The van der Waals surface area contributed by atoms with Crippen molar-refractivity contribution in [2.24, 2.45) is 0 Å². The summed E-state index contributed by atoms with van der Waals surface area (Å²) in [7, 11) is 0. The fraction of sp³-hybridized carbons (Fsp3) is 0.625. The summed E-state index contributed by atoms with van der Waals surface area (Å²) >= 11 is 7.16. The average molecular weight is 399 g/mol. The van der Waals surface area contributed by atoms with Crippen LogP contribution in [0.25, 0.3) is 11.0 Å². The van der Waals surface area contributed by atoms with Crippen LogP contribution in [-0.2, 0) is 16.1 Å². The maximum Gasteiger partial charge on any atom is 0.234 e. The molecule has 26 heavy (non-hydrogen) atoms. The fourth-order valence-electron chi connectivity index (χ4n) is 2.71. The minimum atomic E-state index is -0.189. The summed E-state index contributed by atoms with van der Waals surface area (Å²) in [5, 5.41) is 8.90. The molecule has 1 saturated heterocycles. The zero-order chi connectivity index (χ0) is 18.4. The number of anilines is 1. The third-order valence-corrected chi connectivity index (χ3v) is 5.26. The highest BCUT2D eigenvalue weighted by Gasteiger charge is 2.20. The highest BCUT2D eigenvalue weighted by Crippen LogP contribution is 2.28. The van der Waals surface area contributed by atoms with Gasteiger partial charge >= 0.3 is 0 Å². The second-order valence-corrected chi connectivity index (χ2v) is 7.20. The smallest absolute Gasteiger partial charge is 0.234 e. The van der Waals surface area contributed by atoms with Gasteiger partial charge in [-0.15, -0.1) is 11.6 Å². The number of hydrogen-bond acceptors (Lipinski definition) is 7. The second kappa shape index (κ2) is 9.38. The van der Waals surface area contributed by atoms with Crippen molar-refractivity contribution < 1.29 is 9.53 Å². The summed E-state index contributed by atoms with van der Waals surface area (Å²) < 4.78 is 7.27. The summed E-state index contributed by atoms with van der Waals surface area (Å²) in [4.78, 5) is 23.0. The molecule has 0 radical (unpaired) electrons. The Morgan fingerprint density at radius 1 is 1.38 bits per heavy atom. The quantitative estimate of drug-likeness (QED) is 0.410. The number of morpholine rings is 1. The maximum absolute atomic E-state index is 11.3. The molecule has 0 saturated carbocycles. The highest BCUT2D eigenvalue weighted by atomic mass is 35.5. The monoisotopic (exact) mass is 398 g/mol. The topological polar surface area (TPSA) is 85.2 Å². The van der Waals surface area contributed by atoms with E-state index in [1.165, 1.54) is 0 Å². The van der Waals surface area contributed by atoms with Crippen LogP contribution in [0.4, 0.5) is 5.82 Å². The van der Waals surface area contributed by atoms with Gasteiger partial charge in [-0.25, -0.2) is 14.6 Å². The Kier molecular flexibility index (Phi) is 6.93. The molecule has 2 aromatic heterocycles. The van der Waals surface area contributed by atoms with Crippen molar-refractivity contribution in [2.45, 2.75) is 25.0 Å². The van der Waals surface area contributed by atoms with Gasteiger partial charge < -0.3 is 15.0 Å². The Hall–Kier alpha value is -1.58. The minimum absolute atomic E-state index is 0.0407. The van der Waals surface area contributed by atoms with Gasteiger partial charge in [-0.3, -0.25) is 4.79 Å². The predicted octanol–water partition coefficient (Wildman–Crippen LogP) is 1.52. The number of alkyl halides is 1. The molecule has 1 amide bonds. The SMILES string of the molecule is CCCSc1nc(N2CCOCC2)c2cnn(CCNC(=O)CCl)c2n1. The Labute approximate surface area is 161 Å². The molecule has 0 atom stereocenters. The van der Waals surface area contributed by atoms with E-state index in [9.17, 15) is 4.79 Å². The molecule has 1 aliphatic rings. The minimum Gasteiger partial charge on any atom is -0.378 e. The van der Waals surface area contributed by atoms with E-state index in [0.717, 1.165) is 47.3 Å². The molecule has 0 bridgehead atoms. The van der Waals surface area contributed by atoms with E-state index in [-0.39, 0.29) is 11.8 Å². The first-order valence-electron chi connectivity index (χ1n) is 8.74. The molecular formula is C16H23ClN6O2S. The third kappa shape index (κ3) is 4.57. The Morgan fingerprint density at radius 3 is 2.92 bits per heavy atom. The van der Waals surface area contributed by atoms with Crippen LogP contribution in [0.1, 0.15) is 13.3 Å². The summed E-state index contributed by atoms with van der Waals surface area (Å²) in [6.45, 7) is 6.13. The van der Waals surface area contributed by atoms with Crippen molar-refractivity contribution in [3.63, 3.8) is 0 Å². The van der Waals surface area contributed by atoms with Gasteiger partial charge in [0.15, 0.2) is 10.8 Å². The van der Waals surface area contributed by atoms with Gasteiger partial charge in [0.1, 0.15) is 11.7 Å². The summed E-state index contributed by atoms with van der Waals surface area (Å²) in [6, 6.07) is 0. The van der Waals surface area contributed by atoms with Gasteiger partial charge in [-0.2, -0.15) is 5.10 Å². The van der Waals surface area contributed by atoms with Crippen molar-refractivity contribution in [1.82, 2.24) is 25.1 Å². The maximum atomic E-state index is 11.3. The Bertz CT molecular complexity index is 750. The lowest BCUT2D eigenvalue weighted by atomic mass is 10.3.